The molecular formula is C21H20N2O3S. The number of carbonyl (C=O) groups is 1. The topological polar surface area (TPSA) is 60.5 Å². The maximum absolute atomic E-state index is 12.1. The van der Waals surface area contributed by atoms with Gasteiger partial charge in [-0.3, -0.25) is 4.79 Å². The van der Waals surface area contributed by atoms with Crippen LogP contribution in [0.25, 0.3) is 11.3 Å². The van der Waals surface area contributed by atoms with Crippen LogP contribution in [0.4, 0.5) is 5.13 Å². The van der Waals surface area contributed by atoms with Crippen molar-refractivity contribution in [3.63, 3.8) is 0 Å². The van der Waals surface area contributed by atoms with Gasteiger partial charge in [0.1, 0.15) is 11.5 Å². The second-order valence-electron chi connectivity index (χ2n) is 6.27. The number of ether oxygens (including phenoxy) is 2. The fourth-order valence-electron chi connectivity index (χ4n) is 2.93. The second-order valence-corrected chi connectivity index (χ2v) is 7.13. The van der Waals surface area contributed by atoms with Crippen molar-refractivity contribution in [1.82, 2.24) is 4.98 Å². The van der Waals surface area contributed by atoms with Gasteiger partial charge in [-0.25, -0.2) is 4.98 Å². The van der Waals surface area contributed by atoms with Crippen molar-refractivity contribution in [2.45, 2.75) is 19.3 Å². The van der Waals surface area contributed by atoms with Gasteiger partial charge in [-0.2, -0.15) is 0 Å². The van der Waals surface area contributed by atoms with Crippen molar-refractivity contribution in [3.05, 3.63) is 59.5 Å². The average Bonchev–Trinajstić information content (AvgIpc) is 3.34. The predicted molar refractivity (Wildman–Crippen MR) is 107 cm³/mol. The number of para-hydroxylation sites is 1. The molecule has 2 heterocycles. The number of rotatable bonds is 7. The van der Waals surface area contributed by atoms with Crippen LogP contribution in [-0.4, -0.2) is 24.1 Å². The molecule has 6 heteroatoms. The van der Waals surface area contributed by atoms with Gasteiger partial charge in [0.05, 0.1) is 18.9 Å². The molecule has 0 spiro atoms. The van der Waals surface area contributed by atoms with E-state index in [2.05, 4.69) is 16.4 Å². The van der Waals surface area contributed by atoms with Gasteiger partial charge in [0.25, 0.3) is 0 Å². The van der Waals surface area contributed by atoms with Crippen LogP contribution in [0, 0.1) is 0 Å². The predicted octanol–water partition coefficient (Wildman–Crippen LogP) is 4.54. The minimum absolute atomic E-state index is 0.0464. The molecule has 2 aromatic carbocycles. The lowest BCUT2D eigenvalue weighted by molar-refractivity contribution is -0.116. The standard InChI is InChI=1S/C21H20N2O3S/c24-20(7-4-11-25-17-5-2-1-3-6-17)23-21-22-18(14-27-21)15-8-9-19-16(13-15)10-12-26-19/h1-3,5-6,8-9,13-14H,4,7,10-12H2,(H,22,23,24). The van der Waals surface area contributed by atoms with Gasteiger partial charge in [0.15, 0.2) is 5.13 Å². The van der Waals surface area contributed by atoms with Crippen LogP contribution in [-0.2, 0) is 11.2 Å². The van der Waals surface area contributed by atoms with Gasteiger partial charge in [0, 0.05) is 23.8 Å². The van der Waals surface area contributed by atoms with Crippen molar-refractivity contribution < 1.29 is 14.3 Å². The highest BCUT2D eigenvalue weighted by Gasteiger charge is 2.14. The summed E-state index contributed by atoms with van der Waals surface area (Å²) in [6.45, 7) is 1.25. The zero-order chi connectivity index (χ0) is 18.5. The molecule has 5 nitrogen and oxygen atoms in total. The molecule has 1 N–H and O–H groups in total. The molecule has 0 bridgehead atoms. The summed E-state index contributed by atoms with van der Waals surface area (Å²) >= 11 is 1.44. The number of amides is 1. The zero-order valence-corrected chi connectivity index (χ0v) is 15.6. The van der Waals surface area contributed by atoms with E-state index in [0.717, 1.165) is 35.8 Å². The molecule has 1 aromatic heterocycles. The second kappa shape index (κ2) is 8.22. The molecule has 0 fully saturated rings. The number of anilines is 1. The van der Waals surface area contributed by atoms with E-state index in [0.29, 0.717) is 24.6 Å². The Morgan fingerprint density at radius 1 is 1.22 bits per heavy atom. The molecule has 1 amide bonds. The van der Waals surface area contributed by atoms with Gasteiger partial charge >= 0.3 is 0 Å². The molecule has 1 aliphatic heterocycles. The Labute approximate surface area is 162 Å². The molecule has 0 saturated carbocycles. The molecular weight excluding hydrogens is 360 g/mol. The first kappa shape index (κ1) is 17.5. The fraction of sp³-hybridized carbons (Fsp3) is 0.238. The van der Waals surface area contributed by atoms with E-state index < -0.39 is 0 Å². The number of nitrogens with zero attached hydrogens (tertiary/aromatic N) is 1. The Morgan fingerprint density at radius 2 is 2.11 bits per heavy atom. The first-order valence-electron chi connectivity index (χ1n) is 8.97. The van der Waals surface area contributed by atoms with Crippen molar-refractivity contribution in [2.75, 3.05) is 18.5 Å². The number of hydrogen-bond acceptors (Lipinski definition) is 5. The maximum Gasteiger partial charge on any atom is 0.226 e. The van der Waals surface area contributed by atoms with Crippen molar-refractivity contribution >= 4 is 22.4 Å². The van der Waals surface area contributed by atoms with Crippen LogP contribution in [0.1, 0.15) is 18.4 Å². The van der Waals surface area contributed by atoms with Gasteiger partial charge in [-0.15, -0.1) is 11.3 Å². The molecule has 1 aliphatic rings. The summed E-state index contributed by atoms with van der Waals surface area (Å²) in [5.74, 6) is 1.73. The van der Waals surface area contributed by atoms with Crippen LogP contribution in [0.2, 0.25) is 0 Å². The summed E-state index contributed by atoms with van der Waals surface area (Å²) < 4.78 is 11.1. The SMILES string of the molecule is O=C(CCCOc1ccccc1)Nc1nc(-c2ccc3c(c2)CCO3)cs1. The Balaban J connectivity index is 1.27. The third-order valence-corrected chi connectivity index (χ3v) is 5.05. The van der Waals surface area contributed by atoms with Crippen molar-refractivity contribution in [1.29, 1.82) is 0 Å². The quantitative estimate of drug-likeness (QED) is 0.611. The zero-order valence-electron chi connectivity index (χ0n) is 14.8. The summed E-state index contributed by atoms with van der Waals surface area (Å²) in [6.07, 6.45) is 1.99. The van der Waals surface area contributed by atoms with E-state index in [-0.39, 0.29) is 5.91 Å². The molecule has 0 saturated heterocycles. The number of benzene rings is 2. The van der Waals surface area contributed by atoms with Crippen LogP contribution in [0.5, 0.6) is 11.5 Å². The Hall–Kier alpha value is -2.86. The summed E-state index contributed by atoms with van der Waals surface area (Å²) in [7, 11) is 0. The van der Waals surface area contributed by atoms with Gasteiger partial charge < -0.3 is 14.8 Å². The average molecular weight is 380 g/mol. The summed E-state index contributed by atoms with van der Waals surface area (Å²) in [4.78, 5) is 16.6. The highest BCUT2D eigenvalue weighted by molar-refractivity contribution is 7.14. The lowest BCUT2D eigenvalue weighted by atomic mass is 10.1. The molecule has 0 aliphatic carbocycles. The van der Waals surface area contributed by atoms with E-state index in [9.17, 15) is 4.79 Å². The molecule has 138 valence electrons. The molecule has 3 aromatic rings. The first-order valence-corrected chi connectivity index (χ1v) is 9.85. The van der Waals surface area contributed by atoms with E-state index in [4.69, 9.17) is 9.47 Å². The van der Waals surface area contributed by atoms with Crippen LogP contribution < -0.4 is 14.8 Å². The lowest BCUT2D eigenvalue weighted by Crippen LogP contribution is -2.12. The number of hydrogen-bond donors (Lipinski definition) is 1. The van der Waals surface area contributed by atoms with Gasteiger partial charge in [0.2, 0.25) is 5.91 Å². The molecule has 27 heavy (non-hydrogen) atoms. The monoisotopic (exact) mass is 380 g/mol. The highest BCUT2D eigenvalue weighted by Crippen LogP contribution is 2.31. The largest absolute Gasteiger partial charge is 0.494 e. The van der Waals surface area contributed by atoms with Crippen LogP contribution >= 0.6 is 11.3 Å². The summed E-state index contributed by atoms with van der Waals surface area (Å²) in [5, 5.41) is 5.46. The molecule has 0 atom stereocenters. The van der Waals surface area contributed by atoms with Crippen molar-refractivity contribution in [2.24, 2.45) is 0 Å². The minimum Gasteiger partial charge on any atom is -0.494 e. The minimum atomic E-state index is -0.0464. The van der Waals surface area contributed by atoms with E-state index in [1.54, 1.807) is 0 Å². The van der Waals surface area contributed by atoms with Crippen LogP contribution in [0.3, 0.4) is 0 Å². The third kappa shape index (κ3) is 4.46. The van der Waals surface area contributed by atoms with Gasteiger partial charge in [-0.05, 0) is 42.3 Å². The Kier molecular flexibility index (Phi) is 5.34. The normalized spacial score (nSPS) is 12.3. The molecule has 4 rings (SSSR count). The van der Waals surface area contributed by atoms with Gasteiger partial charge in [-0.1, -0.05) is 18.2 Å². The fourth-order valence-corrected chi connectivity index (χ4v) is 3.67. The maximum atomic E-state index is 12.1. The Morgan fingerprint density at radius 3 is 3.00 bits per heavy atom. The van der Waals surface area contributed by atoms with Crippen molar-refractivity contribution in [3.8, 4) is 22.8 Å². The number of carbonyl (C=O) groups excluding carboxylic acids is 1. The Bertz CT molecular complexity index is 924. The summed E-state index contributed by atoms with van der Waals surface area (Å²) in [6, 6.07) is 15.7. The lowest BCUT2D eigenvalue weighted by Gasteiger charge is -2.05. The number of fused-ring (bicyclic) bond motifs is 1. The van der Waals surface area contributed by atoms with E-state index >= 15 is 0 Å². The smallest absolute Gasteiger partial charge is 0.226 e. The summed E-state index contributed by atoms with van der Waals surface area (Å²) in [5.41, 5.74) is 3.13. The molecule has 0 unspecified atom stereocenters. The highest BCUT2D eigenvalue weighted by atomic mass is 32.1. The number of aromatic nitrogens is 1. The van der Waals surface area contributed by atoms with E-state index in [1.807, 2.05) is 47.8 Å². The van der Waals surface area contributed by atoms with E-state index in [1.165, 1.54) is 16.9 Å². The first-order chi connectivity index (χ1) is 13.3. The van der Waals surface area contributed by atoms with Crippen LogP contribution in [0.15, 0.2) is 53.9 Å². The third-order valence-electron chi connectivity index (χ3n) is 4.30. The number of thiazole rings is 1. The molecule has 0 radical (unpaired) electrons. The number of nitrogens with one attached hydrogen (secondary N) is 1.